The second-order valence-corrected chi connectivity index (χ2v) is 3.43. The summed E-state index contributed by atoms with van der Waals surface area (Å²) in [6.07, 6.45) is -4.25. The van der Waals surface area contributed by atoms with E-state index in [9.17, 15) is 18.3 Å². The van der Waals surface area contributed by atoms with Crippen molar-refractivity contribution in [1.82, 2.24) is 0 Å². The highest BCUT2D eigenvalue weighted by Gasteiger charge is 2.66. The molecular formula is C8H11F3O. The van der Waals surface area contributed by atoms with Crippen LogP contribution in [0.25, 0.3) is 0 Å². The highest BCUT2D eigenvalue weighted by atomic mass is 19.4. The van der Waals surface area contributed by atoms with Crippen LogP contribution in [0.1, 0.15) is 26.7 Å². The van der Waals surface area contributed by atoms with Crippen LogP contribution in [0.2, 0.25) is 0 Å². The van der Waals surface area contributed by atoms with Gasteiger partial charge in [0.15, 0.2) is 0 Å². The molecule has 1 nitrogen and oxygen atoms in total. The van der Waals surface area contributed by atoms with Crippen LogP contribution in [-0.4, -0.2) is 11.3 Å². The van der Waals surface area contributed by atoms with Crippen LogP contribution in [0.15, 0.2) is 11.3 Å². The molecule has 0 bridgehead atoms. The van der Waals surface area contributed by atoms with Crippen molar-refractivity contribution in [2.75, 3.05) is 0 Å². The fraction of sp³-hybridized carbons (Fsp3) is 0.750. The maximum atomic E-state index is 12.3. The molecule has 0 aromatic carbocycles. The Labute approximate surface area is 68.9 Å². The molecule has 1 saturated carbocycles. The number of hydrogen-bond acceptors (Lipinski definition) is 1. The lowest BCUT2D eigenvalue weighted by Gasteiger charge is -2.19. The molecule has 0 amide bonds. The van der Waals surface area contributed by atoms with Crippen LogP contribution in [0.5, 0.6) is 0 Å². The average molecular weight is 180 g/mol. The number of aliphatic hydroxyl groups excluding tert-OH is 1. The molecule has 0 aliphatic heterocycles. The smallest absolute Gasteiger partial charge is 0.401 e. The highest BCUT2D eigenvalue weighted by molar-refractivity contribution is 5.22. The Morgan fingerprint density at radius 1 is 1.25 bits per heavy atom. The predicted octanol–water partition coefficient (Wildman–Crippen LogP) is 3.18. The van der Waals surface area contributed by atoms with Gasteiger partial charge in [0.25, 0.3) is 0 Å². The van der Waals surface area contributed by atoms with E-state index in [1.165, 1.54) is 13.8 Å². The Morgan fingerprint density at radius 3 is 1.75 bits per heavy atom. The van der Waals surface area contributed by atoms with Crippen molar-refractivity contribution in [3.63, 3.8) is 0 Å². The van der Waals surface area contributed by atoms with Crippen molar-refractivity contribution in [3.05, 3.63) is 11.3 Å². The van der Waals surface area contributed by atoms with Crippen LogP contribution in [-0.2, 0) is 0 Å². The van der Waals surface area contributed by atoms with Crippen LogP contribution < -0.4 is 0 Å². The molecule has 0 spiro atoms. The third kappa shape index (κ3) is 1.19. The Morgan fingerprint density at radius 2 is 1.67 bits per heavy atom. The van der Waals surface area contributed by atoms with Crippen molar-refractivity contribution < 1.29 is 18.3 Å². The molecule has 1 rings (SSSR count). The molecule has 0 unspecified atom stereocenters. The second kappa shape index (κ2) is 2.41. The van der Waals surface area contributed by atoms with Crippen molar-refractivity contribution in [3.8, 4) is 0 Å². The summed E-state index contributed by atoms with van der Waals surface area (Å²) in [6.45, 7) is 2.97. The van der Waals surface area contributed by atoms with Gasteiger partial charge < -0.3 is 5.11 Å². The van der Waals surface area contributed by atoms with E-state index in [-0.39, 0.29) is 12.8 Å². The summed E-state index contributed by atoms with van der Waals surface area (Å²) < 4.78 is 36.9. The SMILES string of the molecule is CC(C)=C(O)C1(C(F)(F)F)CC1. The van der Waals surface area contributed by atoms with E-state index in [1.807, 2.05) is 0 Å². The van der Waals surface area contributed by atoms with E-state index in [4.69, 9.17) is 0 Å². The third-order valence-electron chi connectivity index (χ3n) is 2.22. The third-order valence-corrected chi connectivity index (χ3v) is 2.22. The monoisotopic (exact) mass is 180 g/mol. The first kappa shape index (κ1) is 9.42. The van der Waals surface area contributed by atoms with Gasteiger partial charge in [0.2, 0.25) is 0 Å². The molecular weight excluding hydrogens is 169 g/mol. The lowest BCUT2D eigenvalue weighted by atomic mass is 10.0. The normalized spacial score (nSPS) is 20.4. The molecule has 4 heteroatoms. The van der Waals surface area contributed by atoms with Gasteiger partial charge in [-0.1, -0.05) is 0 Å². The van der Waals surface area contributed by atoms with Crippen LogP contribution in [0, 0.1) is 5.41 Å². The summed E-state index contributed by atoms with van der Waals surface area (Å²) in [6, 6.07) is 0. The van der Waals surface area contributed by atoms with Crippen molar-refractivity contribution in [1.29, 1.82) is 0 Å². The fourth-order valence-electron chi connectivity index (χ4n) is 1.26. The molecule has 0 saturated heterocycles. The Hall–Kier alpha value is -0.670. The number of rotatable bonds is 1. The molecule has 1 N–H and O–H groups in total. The van der Waals surface area contributed by atoms with Gasteiger partial charge in [-0.05, 0) is 32.3 Å². The minimum Gasteiger partial charge on any atom is -0.511 e. The molecule has 1 fully saturated rings. The number of halogens is 3. The summed E-state index contributed by atoms with van der Waals surface area (Å²) >= 11 is 0. The van der Waals surface area contributed by atoms with Crippen molar-refractivity contribution in [2.24, 2.45) is 5.41 Å². The maximum Gasteiger partial charge on any atom is 0.401 e. The highest BCUT2D eigenvalue weighted by Crippen LogP contribution is 2.62. The maximum absolute atomic E-state index is 12.3. The molecule has 1 aliphatic rings. The minimum atomic E-state index is -4.30. The number of aliphatic hydroxyl groups is 1. The standard InChI is InChI=1S/C8H11F3O/c1-5(2)6(12)7(3-4-7)8(9,10)11/h12H,3-4H2,1-2H3. The van der Waals surface area contributed by atoms with Gasteiger partial charge in [-0.25, -0.2) is 0 Å². The summed E-state index contributed by atoms with van der Waals surface area (Å²) in [7, 11) is 0. The summed E-state index contributed by atoms with van der Waals surface area (Å²) in [5, 5.41) is 9.21. The molecule has 0 heterocycles. The first-order valence-corrected chi connectivity index (χ1v) is 3.75. The van der Waals surface area contributed by atoms with Crippen LogP contribution >= 0.6 is 0 Å². The predicted molar refractivity (Wildman–Crippen MR) is 38.7 cm³/mol. The first-order chi connectivity index (χ1) is 5.31. The van der Waals surface area contributed by atoms with Crippen molar-refractivity contribution in [2.45, 2.75) is 32.9 Å². The lowest BCUT2D eigenvalue weighted by molar-refractivity contribution is -0.183. The Kier molecular flexibility index (Phi) is 1.89. The fourth-order valence-corrected chi connectivity index (χ4v) is 1.26. The number of hydrogen-bond donors (Lipinski definition) is 1. The minimum absolute atomic E-state index is 0.0213. The number of allylic oxidation sites excluding steroid dienone is 2. The topological polar surface area (TPSA) is 20.2 Å². The molecule has 0 atom stereocenters. The van der Waals surface area contributed by atoms with E-state index < -0.39 is 17.4 Å². The average Bonchev–Trinajstić information content (AvgIpc) is 2.62. The van der Waals surface area contributed by atoms with Crippen LogP contribution in [0.3, 0.4) is 0 Å². The zero-order valence-electron chi connectivity index (χ0n) is 7.00. The Balaban J connectivity index is 2.96. The molecule has 0 radical (unpaired) electrons. The lowest BCUT2D eigenvalue weighted by Crippen LogP contribution is -2.27. The van der Waals surface area contributed by atoms with E-state index in [0.29, 0.717) is 5.57 Å². The van der Waals surface area contributed by atoms with E-state index in [0.717, 1.165) is 0 Å². The van der Waals surface area contributed by atoms with E-state index in [1.54, 1.807) is 0 Å². The van der Waals surface area contributed by atoms with Gasteiger partial charge in [0, 0.05) is 0 Å². The van der Waals surface area contributed by atoms with E-state index >= 15 is 0 Å². The Bertz CT molecular complexity index is 219. The van der Waals surface area contributed by atoms with Crippen LogP contribution in [0.4, 0.5) is 13.2 Å². The van der Waals surface area contributed by atoms with Gasteiger partial charge in [0.1, 0.15) is 11.2 Å². The second-order valence-electron chi connectivity index (χ2n) is 3.43. The summed E-state index contributed by atoms with van der Waals surface area (Å²) in [5.74, 6) is -0.491. The zero-order chi connectivity index (χ0) is 9.57. The van der Waals surface area contributed by atoms with Gasteiger partial charge >= 0.3 is 6.18 Å². The van der Waals surface area contributed by atoms with Gasteiger partial charge in [-0.15, -0.1) is 0 Å². The first-order valence-electron chi connectivity index (χ1n) is 3.75. The molecule has 0 aromatic heterocycles. The summed E-state index contributed by atoms with van der Waals surface area (Å²) in [4.78, 5) is 0. The summed E-state index contributed by atoms with van der Waals surface area (Å²) in [5.41, 5.74) is -1.55. The quantitative estimate of drug-likeness (QED) is 0.614. The van der Waals surface area contributed by atoms with Gasteiger partial charge in [-0.2, -0.15) is 13.2 Å². The molecule has 1 aliphatic carbocycles. The zero-order valence-corrected chi connectivity index (χ0v) is 7.00. The number of alkyl halides is 3. The van der Waals surface area contributed by atoms with Gasteiger partial charge in [0.05, 0.1) is 0 Å². The largest absolute Gasteiger partial charge is 0.511 e. The molecule has 12 heavy (non-hydrogen) atoms. The molecule has 0 aromatic rings. The van der Waals surface area contributed by atoms with Gasteiger partial charge in [-0.3, -0.25) is 0 Å². The molecule has 70 valence electrons. The van der Waals surface area contributed by atoms with Crippen molar-refractivity contribution >= 4 is 0 Å². The van der Waals surface area contributed by atoms with E-state index in [2.05, 4.69) is 0 Å².